The van der Waals surface area contributed by atoms with Crippen LogP contribution in [-0.4, -0.2) is 38.7 Å². The highest BCUT2D eigenvalue weighted by Crippen LogP contribution is 2.37. The summed E-state index contributed by atoms with van der Waals surface area (Å²) in [6.07, 6.45) is -1.09. The van der Waals surface area contributed by atoms with Gasteiger partial charge in [-0.25, -0.2) is 8.42 Å². The number of benzene rings is 3. The molecule has 0 unspecified atom stereocenters. The Morgan fingerprint density at radius 1 is 1.11 bits per heavy atom. The number of aryl methyl sites for hydroxylation is 1. The van der Waals surface area contributed by atoms with Gasteiger partial charge >= 0.3 is 4.87 Å². The van der Waals surface area contributed by atoms with Crippen molar-refractivity contribution < 1.29 is 22.7 Å². The van der Waals surface area contributed by atoms with E-state index >= 15 is 0 Å². The molecule has 9 nitrogen and oxygen atoms in total. The highest BCUT2D eigenvalue weighted by molar-refractivity contribution is 7.92. The van der Waals surface area contributed by atoms with Crippen LogP contribution in [0.1, 0.15) is 0 Å². The molecule has 2 heterocycles. The van der Waals surface area contributed by atoms with E-state index < -0.39 is 22.0 Å². The summed E-state index contributed by atoms with van der Waals surface area (Å²) >= 11 is 1.08. The number of amides is 1. The molecule has 1 aliphatic heterocycles. The van der Waals surface area contributed by atoms with E-state index in [1.165, 1.54) is 28.1 Å². The highest BCUT2D eigenvalue weighted by atomic mass is 32.2. The lowest BCUT2D eigenvalue weighted by atomic mass is 10.2. The molecule has 0 fully saturated rings. The van der Waals surface area contributed by atoms with Gasteiger partial charge in [-0.3, -0.25) is 13.9 Å². The van der Waals surface area contributed by atoms with Gasteiger partial charge in [0.25, 0.3) is 15.9 Å². The van der Waals surface area contributed by atoms with Gasteiger partial charge in [-0.05, 0) is 54.6 Å². The summed E-state index contributed by atoms with van der Waals surface area (Å²) in [7, 11) is -0.803. The van der Waals surface area contributed by atoms with E-state index in [1.54, 1.807) is 61.6 Å². The minimum atomic E-state index is -3.99. The second-order valence-electron chi connectivity index (χ2n) is 7.88. The van der Waals surface area contributed by atoms with Crippen LogP contribution >= 0.6 is 11.3 Å². The molecule has 0 radical (unpaired) electrons. The Hall–Kier alpha value is -3.83. The van der Waals surface area contributed by atoms with Crippen molar-refractivity contribution in [2.24, 2.45) is 7.05 Å². The first-order valence-corrected chi connectivity index (χ1v) is 12.9. The summed E-state index contributed by atoms with van der Waals surface area (Å²) in [5.74, 6) is 0.314. The number of nitrogens with zero attached hydrogens (tertiary/aromatic N) is 2. The van der Waals surface area contributed by atoms with Crippen LogP contribution in [0.3, 0.4) is 0 Å². The molecule has 1 aliphatic rings. The minimum Gasteiger partial charge on any atom is -0.497 e. The van der Waals surface area contributed by atoms with Gasteiger partial charge in [0.15, 0.2) is 6.10 Å². The van der Waals surface area contributed by atoms with Gasteiger partial charge in [0, 0.05) is 12.7 Å². The number of carbonyl (C=O) groups excluding carboxylic acids is 1. The number of ether oxygens (including phenoxy) is 2. The third-order valence-electron chi connectivity index (χ3n) is 5.73. The van der Waals surface area contributed by atoms with E-state index in [0.29, 0.717) is 17.1 Å². The maximum atomic E-state index is 13.5. The molecule has 1 atom stereocenters. The van der Waals surface area contributed by atoms with E-state index in [-0.39, 0.29) is 22.1 Å². The van der Waals surface area contributed by atoms with Crippen molar-refractivity contribution in [3.8, 4) is 11.5 Å². The van der Waals surface area contributed by atoms with E-state index in [2.05, 4.69) is 5.32 Å². The summed E-state index contributed by atoms with van der Waals surface area (Å²) < 4.78 is 41.5. The summed E-state index contributed by atoms with van der Waals surface area (Å²) in [6.45, 7) is -0.210. The third-order valence-corrected chi connectivity index (χ3v) is 8.52. The molecule has 1 N–H and O–H groups in total. The van der Waals surface area contributed by atoms with Crippen LogP contribution in [-0.2, 0) is 21.9 Å². The molecule has 0 spiro atoms. The summed E-state index contributed by atoms with van der Waals surface area (Å²) in [5.41, 5.74) is 1.59. The second kappa shape index (κ2) is 8.75. The van der Waals surface area contributed by atoms with Crippen LogP contribution in [0.2, 0.25) is 0 Å². The van der Waals surface area contributed by atoms with Crippen molar-refractivity contribution in [2.45, 2.75) is 11.0 Å². The Bertz CT molecular complexity index is 1590. The van der Waals surface area contributed by atoms with Gasteiger partial charge in [0.05, 0.1) is 34.5 Å². The quantitative estimate of drug-likeness (QED) is 0.441. The smallest absolute Gasteiger partial charge is 0.307 e. The van der Waals surface area contributed by atoms with Crippen molar-refractivity contribution in [1.29, 1.82) is 0 Å². The van der Waals surface area contributed by atoms with Crippen molar-refractivity contribution in [1.82, 2.24) is 4.57 Å². The monoisotopic (exact) mass is 511 g/mol. The molecule has 1 aromatic heterocycles. The SMILES string of the molecule is COc1ccc(S(=O)(=O)N2C[C@H](C(=O)Nc3ccc4c(c3)sc(=O)n4C)Oc3ccccc32)cc1. The average Bonchev–Trinajstić information content (AvgIpc) is 3.15. The van der Waals surface area contributed by atoms with Crippen molar-refractivity contribution in [2.75, 3.05) is 23.3 Å². The van der Waals surface area contributed by atoms with Gasteiger partial charge in [-0.1, -0.05) is 23.5 Å². The molecule has 1 amide bonds. The Kier molecular flexibility index (Phi) is 5.73. The molecular weight excluding hydrogens is 490 g/mol. The normalized spacial score (nSPS) is 15.4. The fourth-order valence-electron chi connectivity index (χ4n) is 3.88. The predicted octanol–water partition coefficient (Wildman–Crippen LogP) is 3.20. The molecular formula is C24H21N3O6S2. The molecule has 0 aliphatic carbocycles. The van der Waals surface area contributed by atoms with Crippen molar-refractivity contribution in [3.05, 3.63) is 76.4 Å². The van der Waals surface area contributed by atoms with E-state index in [9.17, 15) is 18.0 Å². The Morgan fingerprint density at radius 2 is 1.86 bits per heavy atom. The zero-order valence-electron chi connectivity index (χ0n) is 18.8. The van der Waals surface area contributed by atoms with Crippen molar-refractivity contribution in [3.63, 3.8) is 0 Å². The van der Waals surface area contributed by atoms with Crippen LogP contribution in [0.25, 0.3) is 10.2 Å². The largest absolute Gasteiger partial charge is 0.497 e. The molecule has 0 saturated heterocycles. The molecule has 3 aromatic carbocycles. The topological polar surface area (TPSA) is 107 Å². The number of thiazole rings is 1. The summed E-state index contributed by atoms with van der Waals surface area (Å²) in [6, 6.07) is 17.9. The number of fused-ring (bicyclic) bond motifs is 2. The van der Waals surface area contributed by atoms with Gasteiger partial charge in [-0.15, -0.1) is 0 Å². The Balaban J connectivity index is 1.45. The molecule has 35 heavy (non-hydrogen) atoms. The Labute approximate surface area is 205 Å². The van der Waals surface area contributed by atoms with Crippen LogP contribution in [0.4, 0.5) is 11.4 Å². The zero-order valence-corrected chi connectivity index (χ0v) is 20.4. The number of hydrogen-bond acceptors (Lipinski definition) is 7. The summed E-state index contributed by atoms with van der Waals surface area (Å²) in [4.78, 5) is 25.0. The molecule has 11 heteroatoms. The highest BCUT2D eigenvalue weighted by Gasteiger charge is 2.37. The zero-order chi connectivity index (χ0) is 24.7. The number of rotatable bonds is 5. The predicted molar refractivity (Wildman–Crippen MR) is 134 cm³/mol. The lowest BCUT2D eigenvalue weighted by Gasteiger charge is -2.34. The van der Waals surface area contributed by atoms with E-state index in [1.807, 2.05) is 0 Å². The van der Waals surface area contributed by atoms with Gasteiger partial charge in [0.2, 0.25) is 0 Å². The molecule has 0 saturated carbocycles. The van der Waals surface area contributed by atoms with Crippen LogP contribution in [0, 0.1) is 0 Å². The number of sulfonamides is 1. The maximum absolute atomic E-state index is 13.5. The third kappa shape index (κ3) is 4.13. The van der Waals surface area contributed by atoms with Gasteiger partial charge in [0.1, 0.15) is 11.5 Å². The number of hydrogen-bond donors (Lipinski definition) is 1. The number of para-hydroxylation sites is 2. The molecule has 0 bridgehead atoms. The molecule has 180 valence electrons. The van der Waals surface area contributed by atoms with Crippen LogP contribution in [0.5, 0.6) is 11.5 Å². The lowest BCUT2D eigenvalue weighted by Crippen LogP contribution is -2.48. The van der Waals surface area contributed by atoms with E-state index in [0.717, 1.165) is 21.6 Å². The fourth-order valence-corrected chi connectivity index (χ4v) is 6.27. The number of anilines is 2. The lowest BCUT2D eigenvalue weighted by molar-refractivity contribution is -0.122. The number of nitrogens with one attached hydrogen (secondary N) is 1. The van der Waals surface area contributed by atoms with Crippen LogP contribution in [0.15, 0.2) is 76.4 Å². The number of methoxy groups -OCH3 is 1. The first kappa shape index (κ1) is 22.9. The molecule has 5 rings (SSSR count). The van der Waals surface area contributed by atoms with Crippen LogP contribution < -0.4 is 24.0 Å². The number of carbonyl (C=O) groups is 1. The number of aromatic nitrogens is 1. The first-order valence-electron chi connectivity index (χ1n) is 10.6. The standard InChI is InChI=1S/C24H21N3O6S2/c1-26-19-12-7-15(13-22(19)34-24(26)29)25-23(28)21-14-27(18-5-3-4-6-20(18)33-21)35(30,31)17-10-8-16(32-2)9-11-17/h3-13,21H,14H2,1-2H3,(H,25,28)/t21-/m1/s1. The maximum Gasteiger partial charge on any atom is 0.307 e. The van der Waals surface area contributed by atoms with Gasteiger partial charge in [-0.2, -0.15) is 0 Å². The molecule has 4 aromatic rings. The second-order valence-corrected chi connectivity index (χ2v) is 10.7. The average molecular weight is 512 g/mol. The van der Waals surface area contributed by atoms with E-state index in [4.69, 9.17) is 9.47 Å². The van der Waals surface area contributed by atoms with Crippen molar-refractivity contribution >= 4 is 48.9 Å². The summed E-state index contributed by atoms with van der Waals surface area (Å²) in [5, 5.41) is 2.78. The van der Waals surface area contributed by atoms with Gasteiger partial charge < -0.3 is 19.4 Å². The Morgan fingerprint density at radius 3 is 2.60 bits per heavy atom. The minimum absolute atomic E-state index is 0.0681. The first-order chi connectivity index (χ1) is 16.8. The fraction of sp³-hybridized carbons (Fsp3) is 0.167.